The summed E-state index contributed by atoms with van der Waals surface area (Å²) in [6.07, 6.45) is 0.687. The molecule has 4 nitrogen and oxygen atoms in total. The predicted molar refractivity (Wildman–Crippen MR) is 76.0 cm³/mol. The van der Waals surface area contributed by atoms with Crippen LogP contribution in [0, 0.1) is 0 Å². The van der Waals surface area contributed by atoms with Crippen molar-refractivity contribution in [1.82, 2.24) is 10.2 Å². The molecule has 2 rings (SSSR count). The van der Waals surface area contributed by atoms with E-state index in [2.05, 4.69) is 5.32 Å². The quantitative estimate of drug-likeness (QED) is 0.932. The van der Waals surface area contributed by atoms with Gasteiger partial charge < -0.3 is 15.0 Å². The molecule has 1 aliphatic rings. The molecule has 1 aromatic rings. The number of morpholine rings is 1. The van der Waals surface area contributed by atoms with Crippen LogP contribution in [-0.4, -0.2) is 43.8 Å². The number of carbonyl (C=O) groups excluding carboxylic acids is 1. The number of carbonyl (C=O) groups is 1. The molecule has 1 heterocycles. The molecule has 1 saturated heterocycles. The van der Waals surface area contributed by atoms with Gasteiger partial charge in [-0.3, -0.25) is 0 Å². The summed E-state index contributed by atoms with van der Waals surface area (Å²) < 4.78 is 5.20. The summed E-state index contributed by atoms with van der Waals surface area (Å²) in [6.45, 7) is 3.06. The van der Waals surface area contributed by atoms with E-state index in [9.17, 15) is 4.79 Å². The second-order valence-electron chi connectivity index (χ2n) is 4.32. The summed E-state index contributed by atoms with van der Waals surface area (Å²) in [4.78, 5) is 13.6. The van der Waals surface area contributed by atoms with E-state index in [1.54, 1.807) is 17.0 Å². The Morgan fingerprint density at radius 2 is 2.05 bits per heavy atom. The number of benzene rings is 1. The van der Waals surface area contributed by atoms with Crippen molar-refractivity contribution in [3.05, 3.63) is 33.8 Å². The number of hydrogen-bond acceptors (Lipinski definition) is 2. The zero-order valence-electron chi connectivity index (χ0n) is 10.5. The highest BCUT2D eigenvalue weighted by Crippen LogP contribution is 2.21. The fraction of sp³-hybridized carbons (Fsp3) is 0.462. The second kappa shape index (κ2) is 6.98. The van der Waals surface area contributed by atoms with Crippen molar-refractivity contribution in [2.75, 3.05) is 32.8 Å². The van der Waals surface area contributed by atoms with Gasteiger partial charge in [0.1, 0.15) is 0 Å². The molecule has 0 aliphatic carbocycles. The summed E-state index contributed by atoms with van der Waals surface area (Å²) in [6, 6.07) is 5.34. The van der Waals surface area contributed by atoms with E-state index in [0.717, 1.165) is 5.56 Å². The van der Waals surface area contributed by atoms with Gasteiger partial charge in [0.25, 0.3) is 0 Å². The molecule has 19 heavy (non-hydrogen) atoms. The monoisotopic (exact) mass is 302 g/mol. The Bertz CT molecular complexity index is 448. The number of nitrogens with one attached hydrogen (secondary N) is 1. The largest absolute Gasteiger partial charge is 0.378 e. The van der Waals surface area contributed by atoms with Crippen molar-refractivity contribution in [2.45, 2.75) is 6.42 Å². The van der Waals surface area contributed by atoms with Gasteiger partial charge in [-0.1, -0.05) is 29.3 Å². The van der Waals surface area contributed by atoms with Gasteiger partial charge in [-0.05, 0) is 24.1 Å². The normalized spacial score (nSPS) is 15.4. The lowest BCUT2D eigenvalue weighted by molar-refractivity contribution is 0.0533. The van der Waals surface area contributed by atoms with Crippen LogP contribution >= 0.6 is 23.2 Å². The maximum Gasteiger partial charge on any atom is 0.317 e. The summed E-state index contributed by atoms with van der Waals surface area (Å²) in [7, 11) is 0. The molecule has 0 bridgehead atoms. The first-order chi connectivity index (χ1) is 9.16. The third-order valence-corrected chi connectivity index (χ3v) is 3.57. The molecule has 0 spiro atoms. The molecule has 104 valence electrons. The van der Waals surface area contributed by atoms with Crippen molar-refractivity contribution < 1.29 is 9.53 Å². The standard InChI is InChI=1S/C13H16Cl2N2O2/c14-11-2-1-10(12(15)9-11)3-4-16-13(18)17-5-7-19-8-6-17/h1-2,9H,3-8H2,(H,16,18). The van der Waals surface area contributed by atoms with Gasteiger partial charge in [0.15, 0.2) is 0 Å². The molecule has 0 saturated carbocycles. The first kappa shape index (κ1) is 14.4. The van der Waals surface area contributed by atoms with E-state index < -0.39 is 0 Å². The highest BCUT2D eigenvalue weighted by atomic mass is 35.5. The number of amides is 2. The number of ether oxygens (including phenoxy) is 1. The fourth-order valence-electron chi connectivity index (χ4n) is 1.91. The van der Waals surface area contributed by atoms with Crippen LogP contribution in [-0.2, 0) is 11.2 Å². The Morgan fingerprint density at radius 1 is 1.32 bits per heavy atom. The Kier molecular flexibility index (Phi) is 5.31. The maximum absolute atomic E-state index is 11.8. The van der Waals surface area contributed by atoms with Crippen molar-refractivity contribution in [3.63, 3.8) is 0 Å². The molecule has 6 heteroatoms. The second-order valence-corrected chi connectivity index (χ2v) is 5.16. The minimum Gasteiger partial charge on any atom is -0.378 e. The van der Waals surface area contributed by atoms with Crippen molar-refractivity contribution in [1.29, 1.82) is 0 Å². The molecule has 0 aromatic heterocycles. The average molecular weight is 303 g/mol. The van der Waals surface area contributed by atoms with Gasteiger partial charge in [0, 0.05) is 29.7 Å². The predicted octanol–water partition coefficient (Wildman–Crippen LogP) is 2.58. The van der Waals surface area contributed by atoms with Crippen LogP contribution in [0.5, 0.6) is 0 Å². The molecule has 1 fully saturated rings. The van der Waals surface area contributed by atoms with Crippen LogP contribution in [0.1, 0.15) is 5.56 Å². The first-order valence-corrected chi connectivity index (χ1v) is 6.97. The summed E-state index contributed by atoms with van der Waals surface area (Å²) in [5.74, 6) is 0. The minimum atomic E-state index is -0.0478. The number of rotatable bonds is 3. The summed E-state index contributed by atoms with van der Waals surface area (Å²) in [5, 5.41) is 4.13. The highest BCUT2D eigenvalue weighted by Gasteiger charge is 2.15. The lowest BCUT2D eigenvalue weighted by atomic mass is 10.1. The Labute approximate surface area is 122 Å². The van der Waals surface area contributed by atoms with E-state index in [1.165, 1.54) is 0 Å². The first-order valence-electron chi connectivity index (χ1n) is 6.21. The van der Waals surface area contributed by atoms with E-state index in [4.69, 9.17) is 27.9 Å². The Morgan fingerprint density at radius 3 is 2.74 bits per heavy atom. The van der Waals surface area contributed by atoms with Gasteiger partial charge in [0.2, 0.25) is 0 Å². The summed E-state index contributed by atoms with van der Waals surface area (Å²) >= 11 is 11.9. The smallest absolute Gasteiger partial charge is 0.317 e. The summed E-state index contributed by atoms with van der Waals surface area (Å²) in [5.41, 5.74) is 0.980. The number of urea groups is 1. The third-order valence-electron chi connectivity index (χ3n) is 2.98. The molecule has 1 aliphatic heterocycles. The minimum absolute atomic E-state index is 0.0478. The van der Waals surface area contributed by atoms with E-state index in [1.807, 2.05) is 6.07 Å². The average Bonchev–Trinajstić information content (AvgIpc) is 2.42. The van der Waals surface area contributed by atoms with Gasteiger partial charge in [-0.2, -0.15) is 0 Å². The molecule has 1 N–H and O–H groups in total. The Balaban J connectivity index is 1.78. The zero-order valence-corrected chi connectivity index (χ0v) is 12.0. The number of hydrogen-bond donors (Lipinski definition) is 1. The zero-order chi connectivity index (χ0) is 13.7. The molecule has 0 atom stereocenters. The van der Waals surface area contributed by atoms with Crippen LogP contribution in [0.25, 0.3) is 0 Å². The van der Waals surface area contributed by atoms with Crippen LogP contribution in [0.4, 0.5) is 4.79 Å². The van der Waals surface area contributed by atoms with Crippen molar-refractivity contribution in [2.24, 2.45) is 0 Å². The number of nitrogens with zero attached hydrogens (tertiary/aromatic N) is 1. The third kappa shape index (κ3) is 4.27. The van der Waals surface area contributed by atoms with Gasteiger partial charge in [-0.15, -0.1) is 0 Å². The molecule has 2 amide bonds. The number of halogens is 2. The molecule has 0 unspecified atom stereocenters. The van der Waals surface area contributed by atoms with Gasteiger partial charge >= 0.3 is 6.03 Å². The Hall–Kier alpha value is -0.970. The van der Waals surface area contributed by atoms with Crippen LogP contribution in [0.3, 0.4) is 0 Å². The molecule has 1 aromatic carbocycles. The molecular weight excluding hydrogens is 287 g/mol. The topological polar surface area (TPSA) is 41.6 Å². The van der Waals surface area contributed by atoms with E-state index in [-0.39, 0.29) is 6.03 Å². The SMILES string of the molecule is O=C(NCCc1ccc(Cl)cc1Cl)N1CCOCC1. The van der Waals surface area contributed by atoms with Crippen LogP contribution in [0.15, 0.2) is 18.2 Å². The highest BCUT2D eigenvalue weighted by molar-refractivity contribution is 6.35. The van der Waals surface area contributed by atoms with E-state index in [0.29, 0.717) is 49.3 Å². The van der Waals surface area contributed by atoms with Gasteiger partial charge in [0.05, 0.1) is 13.2 Å². The van der Waals surface area contributed by atoms with Gasteiger partial charge in [-0.25, -0.2) is 4.79 Å². The van der Waals surface area contributed by atoms with E-state index >= 15 is 0 Å². The molecule has 0 radical (unpaired) electrons. The lowest BCUT2D eigenvalue weighted by Crippen LogP contribution is -2.46. The molecular formula is C13H16Cl2N2O2. The van der Waals surface area contributed by atoms with Crippen LogP contribution < -0.4 is 5.32 Å². The van der Waals surface area contributed by atoms with Crippen molar-refractivity contribution >= 4 is 29.2 Å². The fourth-order valence-corrected chi connectivity index (χ4v) is 2.41. The maximum atomic E-state index is 11.8. The van der Waals surface area contributed by atoms with Crippen molar-refractivity contribution in [3.8, 4) is 0 Å². The lowest BCUT2D eigenvalue weighted by Gasteiger charge is -2.26. The van der Waals surface area contributed by atoms with Crippen LogP contribution in [0.2, 0.25) is 10.0 Å².